The fourth-order valence-electron chi connectivity index (χ4n) is 1.65. The lowest BCUT2D eigenvalue weighted by atomic mass is 10.4. The first-order valence-corrected chi connectivity index (χ1v) is 7.80. The standard InChI is InChI=1S/C13H12N4OS2/c1-8-9(7-20-13-11(14)15-4-5-16-13)17-12(18-8)10-3-2-6-19-10/h2-6H,7H2,1H3,(H2,14,15). The van der Waals surface area contributed by atoms with E-state index in [2.05, 4.69) is 15.0 Å². The van der Waals surface area contributed by atoms with Gasteiger partial charge < -0.3 is 10.2 Å². The van der Waals surface area contributed by atoms with Gasteiger partial charge in [0.2, 0.25) is 5.89 Å². The Labute approximate surface area is 124 Å². The van der Waals surface area contributed by atoms with Crippen LogP contribution in [-0.2, 0) is 5.75 Å². The summed E-state index contributed by atoms with van der Waals surface area (Å²) in [5.41, 5.74) is 6.67. The lowest BCUT2D eigenvalue weighted by Crippen LogP contribution is -1.95. The van der Waals surface area contributed by atoms with Crippen molar-refractivity contribution in [1.82, 2.24) is 15.0 Å². The van der Waals surface area contributed by atoms with Gasteiger partial charge in [-0.3, -0.25) is 0 Å². The zero-order valence-corrected chi connectivity index (χ0v) is 12.4. The second kappa shape index (κ2) is 5.64. The number of thiophene rings is 1. The van der Waals surface area contributed by atoms with Gasteiger partial charge in [0.1, 0.15) is 10.8 Å². The Hall–Kier alpha value is -1.86. The summed E-state index contributed by atoms with van der Waals surface area (Å²) in [6.07, 6.45) is 3.21. The minimum absolute atomic E-state index is 0.442. The molecule has 0 aliphatic carbocycles. The summed E-state index contributed by atoms with van der Waals surface area (Å²) in [6, 6.07) is 3.97. The van der Waals surface area contributed by atoms with Gasteiger partial charge in [0, 0.05) is 18.1 Å². The highest BCUT2D eigenvalue weighted by atomic mass is 32.2. The summed E-state index contributed by atoms with van der Waals surface area (Å²) < 4.78 is 5.70. The van der Waals surface area contributed by atoms with Crippen LogP contribution in [0.1, 0.15) is 11.5 Å². The van der Waals surface area contributed by atoms with Crippen LogP contribution in [0, 0.1) is 6.92 Å². The molecular weight excluding hydrogens is 292 g/mol. The smallest absolute Gasteiger partial charge is 0.236 e. The van der Waals surface area contributed by atoms with E-state index in [9.17, 15) is 0 Å². The van der Waals surface area contributed by atoms with Crippen LogP contribution < -0.4 is 5.73 Å². The molecule has 0 radical (unpaired) electrons. The molecule has 3 heterocycles. The molecule has 20 heavy (non-hydrogen) atoms. The number of rotatable bonds is 4. The van der Waals surface area contributed by atoms with Crippen molar-refractivity contribution in [2.75, 3.05) is 5.73 Å². The van der Waals surface area contributed by atoms with E-state index < -0.39 is 0 Å². The van der Waals surface area contributed by atoms with Crippen molar-refractivity contribution in [3.8, 4) is 10.8 Å². The van der Waals surface area contributed by atoms with E-state index in [4.69, 9.17) is 10.2 Å². The maximum absolute atomic E-state index is 5.77. The second-order valence-electron chi connectivity index (χ2n) is 4.03. The van der Waals surface area contributed by atoms with E-state index in [1.807, 2.05) is 24.4 Å². The van der Waals surface area contributed by atoms with Crippen molar-refractivity contribution < 1.29 is 4.42 Å². The van der Waals surface area contributed by atoms with Crippen molar-refractivity contribution in [2.24, 2.45) is 0 Å². The number of aromatic nitrogens is 3. The minimum Gasteiger partial charge on any atom is -0.440 e. The Balaban J connectivity index is 1.77. The fourth-order valence-corrected chi connectivity index (χ4v) is 3.18. The molecule has 102 valence electrons. The van der Waals surface area contributed by atoms with Gasteiger partial charge in [-0.25, -0.2) is 15.0 Å². The molecule has 0 saturated heterocycles. The topological polar surface area (TPSA) is 77.8 Å². The quantitative estimate of drug-likeness (QED) is 0.744. The molecule has 0 spiro atoms. The van der Waals surface area contributed by atoms with Crippen molar-refractivity contribution in [1.29, 1.82) is 0 Å². The maximum Gasteiger partial charge on any atom is 0.236 e. The average Bonchev–Trinajstić information content (AvgIpc) is 3.07. The third-order valence-corrected chi connectivity index (χ3v) is 4.53. The molecular formula is C13H12N4OS2. The summed E-state index contributed by atoms with van der Waals surface area (Å²) in [4.78, 5) is 13.8. The molecule has 3 aromatic rings. The van der Waals surface area contributed by atoms with Crippen LogP contribution in [-0.4, -0.2) is 15.0 Å². The number of thioether (sulfide) groups is 1. The Morgan fingerprint density at radius 2 is 2.20 bits per heavy atom. The number of nitrogens with two attached hydrogens (primary N) is 1. The molecule has 5 nitrogen and oxygen atoms in total. The molecule has 0 aromatic carbocycles. The zero-order chi connectivity index (χ0) is 13.9. The summed E-state index contributed by atoms with van der Waals surface area (Å²) in [5.74, 6) is 2.59. The predicted molar refractivity (Wildman–Crippen MR) is 80.6 cm³/mol. The van der Waals surface area contributed by atoms with Crippen LogP contribution in [0.4, 0.5) is 5.82 Å². The number of anilines is 1. The van der Waals surface area contributed by atoms with Gasteiger partial charge >= 0.3 is 0 Å². The van der Waals surface area contributed by atoms with Gasteiger partial charge in [-0.2, -0.15) is 0 Å². The van der Waals surface area contributed by atoms with Crippen molar-refractivity contribution in [3.63, 3.8) is 0 Å². The Kier molecular flexibility index (Phi) is 3.70. The number of nitrogen functional groups attached to an aromatic ring is 1. The van der Waals surface area contributed by atoms with Crippen LogP contribution in [0.15, 0.2) is 39.3 Å². The molecule has 0 unspecified atom stereocenters. The number of hydrogen-bond acceptors (Lipinski definition) is 7. The summed E-state index contributed by atoms with van der Waals surface area (Å²) in [7, 11) is 0. The average molecular weight is 304 g/mol. The molecule has 2 N–H and O–H groups in total. The summed E-state index contributed by atoms with van der Waals surface area (Å²) >= 11 is 3.12. The highest BCUT2D eigenvalue weighted by molar-refractivity contribution is 7.98. The normalized spacial score (nSPS) is 10.8. The minimum atomic E-state index is 0.442. The fraction of sp³-hybridized carbons (Fsp3) is 0.154. The van der Waals surface area contributed by atoms with Crippen molar-refractivity contribution >= 4 is 28.9 Å². The van der Waals surface area contributed by atoms with Gasteiger partial charge in [-0.1, -0.05) is 17.8 Å². The van der Waals surface area contributed by atoms with Crippen LogP contribution in [0.5, 0.6) is 0 Å². The molecule has 7 heteroatoms. The predicted octanol–water partition coefficient (Wildman–Crippen LogP) is 3.38. The zero-order valence-electron chi connectivity index (χ0n) is 10.7. The van der Waals surface area contributed by atoms with Crippen LogP contribution >= 0.6 is 23.1 Å². The highest BCUT2D eigenvalue weighted by Gasteiger charge is 2.13. The molecule has 0 aliphatic rings. The molecule has 3 aromatic heterocycles. The van der Waals surface area contributed by atoms with Gasteiger partial charge in [-0.15, -0.1) is 11.3 Å². The SMILES string of the molecule is Cc1oc(-c2cccs2)nc1CSc1nccnc1N. The van der Waals surface area contributed by atoms with Crippen LogP contribution in [0.2, 0.25) is 0 Å². The third kappa shape index (κ3) is 2.68. The Bertz CT molecular complexity index is 709. The number of oxazole rings is 1. The third-order valence-electron chi connectivity index (χ3n) is 2.66. The monoisotopic (exact) mass is 304 g/mol. The lowest BCUT2D eigenvalue weighted by Gasteiger charge is -2.00. The summed E-state index contributed by atoms with van der Waals surface area (Å²) in [6.45, 7) is 1.92. The Morgan fingerprint density at radius 1 is 1.35 bits per heavy atom. The van der Waals surface area contributed by atoms with Crippen LogP contribution in [0.25, 0.3) is 10.8 Å². The van der Waals surface area contributed by atoms with E-state index in [1.54, 1.807) is 23.7 Å². The number of hydrogen-bond donors (Lipinski definition) is 1. The first kappa shape index (κ1) is 13.1. The summed E-state index contributed by atoms with van der Waals surface area (Å²) in [5, 5.41) is 2.72. The van der Waals surface area contributed by atoms with E-state index in [0.717, 1.165) is 16.3 Å². The molecule has 0 bridgehead atoms. The molecule has 0 amide bonds. The number of aryl methyl sites for hydroxylation is 1. The first-order valence-electron chi connectivity index (χ1n) is 5.93. The first-order chi connectivity index (χ1) is 9.74. The molecule has 0 saturated carbocycles. The van der Waals surface area contributed by atoms with Crippen molar-refractivity contribution in [2.45, 2.75) is 17.7 Å². The molecule has 0 atom stereocenters. The van der Waals surface area contributed by atoms with E-state index in [1.165, 1.54) is 11.8 Å². The largest absolute Gasteiger partial charge is 0.440 e. The lowest BCUT2D eigenvalue weighted by molar-refractivity contribution is 0.542. The van der Waals surface area contributed by atoms with Crippen molar-refractivity contribution in [3.05, 3.63) is 41.4 Å². The molecule has 0 aliphatic heterocycles. The maximum atomic E-state index is 5.77. The second-order valence-corrected chi connectivity index (χ2v) is 5.95. The van der Waals surface area contributed by atoms with Gasteiger partial charge in [0.15, 0.2) is 5.82 Å². The van der Waals surface area contributed by atoms with Gasteiger partial charge in [0.05, 0.1) is 10.6 Å². The highest BCUT2D eigenvalue weighted by Crippen LogP contribution is 2.29. The molecule has 3 rings (SSSR count). The van der Waals surface area contributed by atoms with Gasteiger partial charge in [-0.05, 0) is 18.4 Å². The number of nitrogens with zero attached hydrogens (tertiary/aromatic N) is 3. The van der Waals surface area contributed by atoms with Crippen LogP contribution in [0.3, 0.4) is 0 Å². The van der Waals surface area contributed by atoms with Gasteiger partial charge in [0.25, 0.3) is 0 Å². The Morgan fingerprint density at radius 3 is 2.95 bits per heavy atom. The van der Waals surface area contributed by atoms with E-state index in [0.29, 0.717) is 22.5 Å². The van der Waals surface area contributed by atoms with E-state index >= 15 is 0 Å². The molecule has 0 fully saturated rings. The van der Waals surface area contributed by atoms with E-state index in [-0.39, 0.29) is 0 Å².